The summed E-state index contributed by atoms with van der Waals surface area (Å²) in [4.78, 5) is 21.1. The molecule has 1 aromatic rings. The van der Waals surface area contributed by atoms with Gasteiger partial charge in [-0.2, -0.15) is 4.98 Å². The van der Waals surface area contributed by atoms with Crippen molar-refractivity contribution in [1.29, 1.82) is 0 Å². The smallest absolute Gasteiger partial charge is 0.298 e. The lowest BCUT2D eigenvalue weighted by molar-refractivity contribution is -0.0541. The Kier molecular flexibility index (Phi) is 5.58. The summed E-state index contributed by atoms with van der Waals surface area (Å²) < 4.78 is 4.69. The van der Waals surface area contributed by atoms with Crippen LogP contribution in [0.4, 0.5) is 11.5 Å². The fourth-order valence-corrected chi connectivity index (χ4v) is 1.26. The third kappa shape index (κ3) is 3.74. The van der Waals surface area contributed by atoms with Gasteiger partial charge in [-0.3, -0.25) is 9.78 Å². The lowest BCUT2D eigenvalue weighted by Gasteiger charge is -2.18. The minimum atomic E-state index is -1.66. The fourth-order valence-electron chi connectivity index (χ4n) is 1.26. The molecule has 0 bridgehead atoms. The summed E-state index contributed by atoms with van der Waals surface area (Å²) in [6, 6.07) is -0.0947. The second-order valence-electron chi connectivity index (χ2n) is 3.82. The Morgan fingerprint density at radius 1 is 1.50 bits per heavy atom. The first kappa shape index (κ1) is 16.0. The quantitative estimate of drug-likeness (QED) is 0.303. The lowest BCUT2D eigenvalue weighted by atomic mass is 10.1. The van der Waals surface area contributed by atoms with Gasteiger partial charge in [-0.15, -0.1) is 0 Å². The molecule has 10 nitrogen and oxygen atoms in total. The minimum absolute atomic E-state index is 0.0947. The molecule has 7 N–H and O–H groups in total. The molecule has 0 aliphatic rings. The monoisotopic (exact) mass is 288 g/mol. The average Bonchev–Trinajstić information content (AvgIpc) is 2.43. The lowest BCUT2D eigenvalue weighted by Crippen LogP contribution is -2.40. The molecule has 0 amide bonds. The van der Waals surface area contributed by atoms with Crippen molar-refractivity contribution in [2.75, 3.05) is 19.5 Å². The molecule has 0 saturated heterocycles. The number of ether oxygens (including phenoxy) is 1. The highest BCUT2D eigenvalue weighted by Crippen LogP contribution is 2.15. The molecule has 3 atom stereocenters. The molecule has 0 unspecified atom stereocenters. The highest BCUT2D eigenvalue weighted by molar-refractivity contribution is 5.71. The second kappa shape index (κ2) is 6.96. The van der Waals surface area contributed by atoms with E-state index < -0.39 is 30.5 Å². The van der Waals surface area contributed by atoms with Crippen molar-refractivity contribution in [3.8, 4) is 6.01 Å². The maximum atomic E-state index is 11.6. The normalized spacial score (nSPS) is 16.1. The van der Waals surface area contributed by atoms with Crippen molar-refractivity contribution in [1.82, 2.24) is 9.97 Å². The molecule has 0 radical (unpaired) electrons. The molecule has 10 heteroatoms. The number of nitrogens with one attached hydrogen (secondary N) is 1. The molecule has 112 valence electrons. The molecule has 1 aromatic heterocycles. The van der Waals surface area contributed by atoms with E-state index in [4.69, 9.17) is 20.7 Å². The first-order chi connectivity index (χ1) is 9.40. The van der Waals surface area contributed by atoms with Gasteiger partial charge in [0.05, 0.1) is 13.7 Å². The first-order valence-corrected chi connectivity index (χ1v) is 5.53. The maximum Gasteiger partial charge on any atom is 0.298 e. The number of methoxy groups -OCH3 is 1. The number of aliphatic hydroxyl groups is 4. The van der Waals surface area contributed by atoms with Crippen LogP contribution in [0.15, 0.2) is 9.79 Å². The van der Waals surface area contributed by atoms with Crippen LogP contribution in [-0.2, 0) is 0 Å². The van der Waals surface area contributed by atoms with Gasteiger partial charge in [0.1, 0.15) is 18.3 Å². The summed E-state index contributed by atoms with van der Waals surface area (Å²) in [6.07, 6.45) is -3.99. The second-order valence-corrected chi connectivity index (χ2v) is 3.82. The molecular weight excluding hydrogens is 272 g/mol. The van der Waals surface area contributed by atoms with Crippen LogP contribution >= 0.6 is 0 Å². The fraction of sp³-hybridized carbons (Fsp3) is 0.500. The molecule has 20 heavy (non-hydrogen) atoms. The van der Waals surface area contributed by atoms with E-state index in [0.29, 0.717) is 0 Å². The number of nitrogen functional groups attached to an aromatic ring is 1. The van der Waals surface area contributed by atoms with E-state index in [2.05, 4.69) is 15.0 Å². The molecule has 1 rings (SSSR count). The van der Waals surface area contributed by atoms with Crippen molar-refractivity contribution in [2.24, 2.45) is 4.99 Å². The van der Waals surface area contributed by atoms with Gasteiger partial charge in [0.15, 0.2) is 11.5 Å². The number of nitrogens with two attached hydrogens (primary N) is 1. The van der Waals surface area contributed by atoms with E-state index in [1.54, 1.807) is 0 Å². The number of aliphatic hydroxyl groups excluding tert-OH is 4. The van der Waals surface area contributed by atoms with E-state index in [1.807, 2.05) is 0 Å². The molecule has 1 heterocycles. The Hall–Kier alpha value is -2.01. The molecule has 0 spiro atoms. The van der Waals surface area contributed by atoms with Crippen molar-refractivity contribution in [3.05, 3.63) is 10.4 Å². The Morgan fingerprint density at radius 3 is 2.65 bits per heavy atom. The van der Waals surface area contributed by atoms with Crippen LogP contribution in [0.3, 0.4) is 0 Å². The number of anilines is 1. The Labute approximate surface area is 113 Å². The van der Waals surface area contributed by atoms with Crippen LogP contribution in [0.2, 0.25) is 0 Å². The third-order valence-electron chi connectivity index (χ3n) is 2.38. The molecule has 0 aliphatic heterocycles. The predicted octanol–water partition coefficient (Wildman–Crippen LogP) is -2.86. The molecule has 0 fully saturated rings. The minimum Gasteiger partial charge on any atom is -0.468 e. The van der Waals surface area contributed by atoms with Crippen molar-refractivity contribution in [3.63, 3.8) is 0 Å². The Bertz CT molecular complexity index is 531. The van der Waals surface area contributed by atoms with E-state index in [1.165, 1.54) is 7.11 Å². The topological polar surface area (TPSA) is 174 Å². The van der Waals surface area contributed by atoms with E-state index in [9.17, 15) is 15.0 Å². The van der Waals surface area contributed by atoms with Gasteiger partial charge in [0.2, 0.25) is 0 Å². The van der Waals surface area contributed by atoms with E-state index in [0.717, 1.165) is 6.21 Å². The largest absolute Gasteiger partial charge is 0.468 e. The molecule has 0 saturated carbocycles. The van der Waals surface area contributed by atoms with Crippen LogP contribution in [-0.4, -0.2) is 68.6 Å². The van der Waals surface area contributed by atoms with Gasteiger partial charge in [-0.05, 0) is 0 Å². The number of hydrogen-bond donors (Lipinski definition) is 6. The molecule has 0 aliphatic carbocycles. The SMILES string of the molecule is COc1nc(N)c(N=C[C@H](O)[C@@H](O)[C@@H](O)CO)c(=O)[nH]1. The van der Waals surface area contributed by atoms with Crippen LogP contribution in [0, 0.1) is 0 Å². The van der Waals surface area contributed by atoms with Crippen molar-refractivity contribution >= 4 is 17.7 Å². The van der Waals surface area contributed by atoms with E-state index in [-0.39, 0.29) is 17.5 Å². The number of H-pyrrole nitrogens is 1. The summed E-state index contributed by atoms with van der Waals surface area (Å²) in [5.41, 5.74) is 4.51. The van der Waals surface area contributed by atoms with Gasteiger partial charge in [-0.1, -0.05) is 0 Å². The zero-order chi connectivity index (χ0) is 15.3. The number of rotatable bonds is 6. The number of aromatic nitrogens is 2. The first-order valence-electron chi connectivity index (χ1n) is 5.53. The van der Waals surface area contributed by atoms with Crippen LogP contribution in [0.5, 0.6) is 6.01 Å². The summed E-state index contributed by atoms with van der Waals surface area (Å²) in [6.45, 7) is -0.737. The summed E-state index contributed by atoms with van der Waals surface area (Å²) >= 11 is 0. The molecule has 0 aromatic carbocycles. The average molecular weight is 288 g/mol. The van der Waals surface area contributed by atoms with Gasteiger partial charge < -0.3 is 30.9 Å². The number of aromatic amines is 1. The van der Waals surface area contributed by atoms with Crippen LogP contribution < -0.4 is 16.0 Å². The molecular formula is C10H16N4O6. The highest BCUT2D eigenvalue weighted by Gasteiger charge is 2.22. The summed E-state index contributed by atoms with van der Waals surface area (Å²) in [5, 5.41) is 36.6. The highest BCUT2D eigenvalue weighted by atomic mass is 16.5. The summed E-state index contributed by atoms with van der Waals surface area (Å²) in [7, 11) is 1.29. The van der Waals surface area contributed by atoms with Gasteiger partial charge in [0.25, 0.3) is 11.6 Å². The number of aliphatic imine (C=N–C) groups is 1. The van der Waals surface area contributed by atoms with Crippen LogP contribution in [0.25, 0.3) is 0 Å². The zero-order valence-corrected chi connectivity index (χ0v) is 10.6. The maximum absolute atomic E-state index is 11.6. The van der Waals surface area contributed by atoms with Gasteiger partial charge >= 0.3 is 0 Å². The zero-order valence-electron chi connectivity index (χ0n) is 10.6. The Morgan fingerprint density at radius 2 is 2.15 bits per heavy atom. The predicted molar refractivity (Wildman–Crippen MR) is 69.1 cm³/mol. The van der Waals surface area contributed by atoms with Crippen molar-refractivity contribution in [2.45, 2.75) is 18.3 Å². The Balaban J connectivity index is 2.93. The van der Waals surface area contributed by atoms with Gasteiger partial charge in [-0.25, -0.2) is 4.99 Å². The number of nitrogens with zero attached hydrogens (tertiary/aromatic N) is 2. The standard InChI is InChI=1S/C10H16N4O6/c1-20-10-13-8(11)6(9(19)14-10)12-2-4(16)7(18)5(17)3-15/h2,4-5,7,15-18H,3H2,1H3,(H3,11,13,14,19)/t4-,5-,7+/m0/s1. The number of hydrogen-bond acceptors (Lipinski definition) is 9. The van der Waals surface area contributed by atoms with Crippen molar-refractivity contribution < 1.29 is 25.2 Å². The van der Waals surface area contributed by atoms with Crippen LogP contribution in [0.1, 0.15) is 0 Å². The summed E-state index contributed by atoms with van der Waals surface area (Å²) in [5.74, 6) is -0.230. The third-order valence-corrected chi connectivity index (χ3v) is 2.38. The van der Waals surface area contributed by atoms with E-state index >= 15 is 0 Å². The van der Waals surface area contributed by atoms with Gasteiger partial charge in [0, 0.05) is 6.21 Å².